The number of amides is 2. The molecule has 3 N–H and O–H groups in total. The van der Waals surface area contributed by atoms with Gasteiger partial charge in [0.05, 0.1) is 6.61 Å². The fraction of sp³-hybridized carbons (Fsp3) is 0.600. The van der Waals surface area contributed by atoms with Crippen molar-refractivity contribution in [2.75, 3.05) is 43.1 Å². The van der Waals surface area contributed by atoms with Crippen molar-refractivity contribution in [1.29, 1.82) is 0 Å². The predicted octanol–water partition coefficient (Wildman–Crippen LogP) is 1.19. The van der Waals surface area contributed by atoms with Gasteiger partial charge in [0, 0.05) is 37.1 Å². The maximum Gasteiger partial charge on any atom is 0.253 e. The Morgan fingerprint density at radius 2 is 2.00 bits per heavy atom. The molecule has 146 valence electrons. The number of anilines is 2. The molecule has 0 radical (unpaired) electrons. The summed E-state index contributed by atoms with van der Waals surface area (Å²) in [5.41, 5.74) is 7.52. The van der Waals surface area contributed by atoms with Gasteiger partial charge in [-0.2, -0.15) is 0 Å². The number of benzene rings is 1. The van der Waals surface area contributed by atoms with Crippen LogP contribution in [0.4, 0.5) is 11.4 Å². The number of carbonyl (C=O) groups is 2. The number of morpholine rings is 1. The second kappa shape index (κ2) is 7.96. The summed E-state index contributed by atoms with van der Waals surface area (Å²) in [6.07, 6.45) is 4.87. The summed E-state index contributed by atoms with van der Waals surface area (Å²) in [5.74, 6) is 0.652. The van der Waals surface area contributed by atoms with Crippen molar-refractivity contribution < 1.29 is 14.3 Å². The van der Waals surface area contributed by atoms with Gasteiger partial charge >= 0.3 is 0 Å². The molecule has 1 aromatic carbocycles. The molecule has 2 saturated carbocycles. The van der Waals surface area contributed by atoms with Gasteiger partial charge in [-0.3, -0.25) is 14.5 Å². The molecular weight excluding hydrogens is 344 g/mol. The minimum absolute atomic E-state index is 0.0404. The van der Waals surface area contributed by atoms with E-state index in [1.807, 2.05) is 24.3 Å². The molecule has 7 heteroatoms. The molecule has 2 amide bonds. The van der Waals surface area contributed by atoms with Crippen LogP contribution in [-0.4, -0.2) is 61.6 Å². The summed E-state index contributed by atoms with van der Waals surface area (Å²) < 4.78 is 5.16. The zero-order chi connectivity index (χ0) is 18.8. The highest BCUT2D eigenvalue weighted by Gasteiger charge is 2.39. The van der Waals surface area contributed by atoms with Crippen LogP contribution in [0.5, 0.6) is 0 Å². The molecule has 27 heavy (non-hydrogen) atoms. The molecule has 1 aliphatic heterocycles. The zero-order valence-electron chi connectivity index (χ0n) is 15.6. The minimum atomic E-state index is -0.279. The molecule has 0 unspecified atom stereocenters. The van der Waals surface area contributed by atoms with Gasteiger partial charge in [0.25, 0.3) is 5.91 Å². The first-order valence-corrected chi connectivity index (χ1v) is 9.90. The van der Waals surface area contributed by atoms with Gasteiger partial charge in [0.1, 0.15) is 12.6 Å². The third-order valence-electron chi connectivity index (χ3n) is 5.54. The first-order chi connectivity index (χ1) is 13.2. The van der Waals surface area contributed by atoms with E-state index in [2.05, 4.69) is 10.2 Å². The van der Waals surface area contributed by atoms with Crippen molar-refractivity contribution in [3.8, 4) is 0 Å². The summed E-state index contributed by atoms with van der Waals surface area (Å²) in [6.45, 7) is 2.53. The third-order valence-corrected chi connectivity index (χ3v) is 5.54. The van der Waals surface area contributed by atoms with Crippen molar-refractivity contribution in [3.05, 3.63) is 24.3 Å². The summed E-state index contributed by atoms with van der Waals surface area (Å²) >= 11 is 0. The molecule has 4 rings (SSSR count). The fourth-order valence-electron chi connectivity index (χ4n) is 3.67. The summed E-state index contributed by atoms with van der Waals surface area (Å²) in [4.78, 5) is 28.8. The number of rotatable bonds is 8. The SMILES string of the molecule is NC[C@@H](C(=O)Nc1ccc(N2CCOCC2=O)cc1)N(CC1CC1)C1CC1. The van der Waals surface area contributed by atoms with Crippen LogP contribution < -0.4 is 16.0 Å². The standard InChI is InChI=1S/C20H28N4O3/c21-11-18(24(17-7-8-17)12-14-1-2-14)20(26)22-15-3-5-16(6-4-15)23-9-10-27-13-19(23)25/h3-6,14,17-18H,1-2,7-13,21H2,(H,22,26)/t18-/m0/s1. The second-order valence-electron chi connectivity index (χ2n) is 7.76. The number of nitrogens with one attached hydrogen (secondary N) is 1. The molecule has 3 aliphatic rings. The maximum atomic E-state index is 12.8. The van der Waals surface area contributed by atoms with Gasteiger partial charge in [-0.25, -0.2) is 0 Å². The lowest BCUT2D eigenvalue weighted by Gasteiger charge is -2.30. The summed E-state index contributed by atoms with van der Waals surface area (Å²) in [5, 5.41) is 3.00. The highest BCUT2D eigenvalue weighted by Crippen LogP contribution is 2.36. The number of nitrogens with two attached hydrogens (primary N) is 1. The summed E-state index contributed by atoms with van der Waals surface area (Å²) in [7, 11) is 0. The number of nitrogens with zero attached hydrogens (tertiary/aromatic N) is 2. The molecule has 1 heterocycles. The molecular formula is C20H28N4O3. The average molecular weight is 372 g/mol. The Kier molecular flexibility index (Phi) is 5.43. The van der Waals surface area contributed by atoms with Crippen molar-refractivity contribution in [2.24, 2.45) is 11.7 Å². The van der Waals surface area contributed by atoms with Crippen LogP contribution in [0.2, 0.25) is 0 Å². The smallest absolute Gasteiger partial charge is 0.253 e. The molecule has 1 aromatic rings. The predicted molar refractivity (Wildman–Crippen MR) is 104 cm³/mol. The number of carbonyl (C=O) groups excluding carboxylic acids is 2. The highest BCUT2D eigenvalue weighted by atomic mass is 16.5. The van der Waals surface area contributed by atoms with Crippen molar-refractivity contribution in [3.63, 3.8) is 0 Å². The van der Waals surface area contributed by atoms with E-state index in [-0.39, 0.29) is 24.5 Å². The second-order valence-corrected chi connectivity index (χ2v) is 7.76. The average Bonchev–Trinajstić information content (AvgIpc) is 3.56. The monoisotopic (exact) mass is 372 g/mol. The largest absolute Gasteiger partial charge is 0.370 e. The maximum absolute atomic E-state index is 12.8. The van der Waals surface area contributed by atoms with Gasteiger partial charge in [-0.15, -0.1) is 0 Å². The van der Waals surface area contributed by atoms with E-state index >= 15 is 0 Å². The third kappa shape index (κ3) is 4.48. The van der Waals surface area contributed by atoms with Crippen LogP contribution in [0.3, 0.4) is 0 Å². The highest BCUT2D eigenvalue weighted by molar-refractivity contribution is 5.97. The Morgan fingerprint density at radius 3 is 2.59 bits per heavy atom. The van der Waals surface area contributed by atoms with E-state index in [1.54, 1.807) is 4.90 Å². The van der Waals surface area contributed by atoms with Gasteiger partial charge in [-0.1, -0.05) is 0 Å². The lowest BCUT2D eigenvalue weighted by molar-refractivity contribution is -0.125. The molecule has 1 atom stereocenters. The van der Waals surface area contributed by atoms with Crippen LogP contribution in [0.25, 0.3) is 0 Å². The van der Waals surface area contributed by atoms with E-state index in [4.69, 9.17) is 10.5 Å². The van der Waals surface area contributed by atoms with E-state index in [0.29, 0.717) is 25.7 Å². The van der Waals surface area contributed by atoms with Gasteiger partial charge in [-0.05, 0) is 55.9 Å². The molecule has 0 aromatic heterocycles. The fourth-order valence-corrected chi connectivity index (χ4v) is 3.67. The minimum Gasteiger partial charge on any atom is -0.370 e. The Bertz CT molecular complexity index is 685. The molecule has 2 aliphatic carbocycles. The van der Waals surface area contributed by atoms with Crippen molar-refractivity contribution in [1.82, 2.24) is 4.90 Å². The normalized spacial score (nSPS) is 21.4. The first-order valence-electron chi connectivity index (χ1n) is 9.90. The van der Waals surface area contributed by atoms with Crippen LogP contribution in [-0.2, 0) is 14.3 Å². The zero-order valence-corrected chi connectivity index (χ0v) is 15.6. The molecule has 0 spiro atoms. The van der Waals surface area contributed by atoms with E-state index in [1.165, 1.54) is 25.7 Å². The quantitative estimate of drug-likeness (QED) is 0.716. The topological polar surface area (TPSA) is 87.9 Å². The molecule has 1 saturated heterocycles. The lowest BCUT2D eigenvalue weighted by atomic mass is 10.2. The molecule has 0 bridgehead atoms. The Balaban J connectivity index is 1.39. The number of ether oxygens (including phenoxy) is 1. The van der Waals surface area contributed by atoms with Crippen LogP contribution in [0.1, 0.15) is 25.7 Å². The molecule has 3 fully saturated rings. The Hall–Kier alpha value is -1.96. The van der Waals surface area contributed by atoms with E-state index in [0.717, 1.165) is 23.8 Å². The van der Waals surface area contributed by atoms with Gasteiger partial charge < -0.3 is 20.7 Å². The summed E-state index contributed by atoms with van der Waals surface area (Å²) in [6, 6.07) is 7.63. The number of hydrogen-bond donors (Lipinski definition) is 2. The van der Waals surface area contributed by atoms with Gasteiger partial charge in [0.2, 0.25) is 5.91 Å². The lowest BCUT2D eigenvalue weighted by Crippen LogP contribution is -2.50. The van der Waals surface area contributed by atoms with E-state index < -0.39 is 0 Å². The molecule has 7 nitrogen and oxygen atoms in total. The van der Waals surface area contributed by atoms with Crippen LogP contribution in [0, 0.1) is 5.92 Å². The van der Waals surface area contributed by atoms with Crippen molar-refractivity contribution in [2.45, 2.75) is 37.8 Å². The van der Waals surface area contributed by atoms with Gasteiger partial charge in [0.15, 0.2) is 0 Å². The Labute approximate surface area is 159 Å². The van der Waals surface area contributed by atoms with Crippen LogP contribution in [0.15, 0.2) is 24.3 Å². The van der Waals surface area contributed by atoms with Crippen LogP contribution >= 0.6 is 0 Å². The first kappa shape index (κ1) is 18.4. The Morgan fingerprint density at radius 1 is 1.26 bits per heavy atom. The van der Waals surface area contributed by atoms with E-state index in [9.17, 15) is 9.59 Å². The number of hydrogen-bond acceptors (Lipinski definition) is 5. The van der Waals surface area contributed by atoms with Crippen molar-refractivity contribution >= 4 is 23.2 Å².